The Balaban J connectivity index is 1.60. The van der Waals surface area contributed by atoms with Crippen LogP contribution in [0.1, 0.15) is 76.1 Å². The van der Waals surface area contributed by atoms with E-state index in [1.807, 2.05) is 49.1 Å². The average molecular weight is 510 g/mol. The third kappa shape index (κ3) is 4.91. The summed E-state index contributed by atoms with van der Waals surface area (Å²) in [7, 11) is 0. The number of hydrogen-bond acceptors (Lipinski definition) is 4. The molecule has 1 aromatic heterocycles. The van der Waals surface area contributed by atoms with Gasteiger partial charge in [0.05, 0.1) is 12.6 Å². The lowest BCUT2D eigenvalue weighted by Gasteiger charge is -2.27. The van der Waals surface area contributed by atoms with Gasteiger partial charge in [-0.05, 0) is 67.6 Å². The van der Waals surface area contributed by atoms with E-state index >= 15 is 0 Å². The molecule has 3 aromatic carbocycles. The van der Waals surface area contributed by atoms with Gasteiger partial charge in [0.2, 0.25) is 0 Å². The fourth-order valence-electron chi connectivity index (χ4n) is 5.36. The summed E-state index contributed by atoms with van der Waals surface area (Å²) in [6.45, 7) is 9.25. The van der Waals surface area contributed by atoms with Crippen molar-refractivity contribution in [2.24, 2.45) is 0 Å². The number of aryl methyl sites for hydroxylation is 3. The third-order valence-electron chi connectivity index (χ3n) is 7.22. The van der Waals surface area contributed by atoms with Crippen molar-refractivity contribution in [2.45, 2.75) is 59.5 Å². The summed E-state index contributed by atoms with van der Waals surface area (Å²) >= 11 is 0. The van der Waals surface area contributed by atoms with Crippen molar-refractivity contribution < 1.29 is 14.6 Å². The Hall–Kier alpha value is -4.06. The monoisotopic (exact) mass is 509 g/mol. The van der Waals surface area contributed by atoms with E-state index in [1.165, 1.54) is 5.56 Å². The molecule has 0 radical (unpaired) electrons. The molecule has 6 nitrogen and oxygen atoms in total. The molecule has 1 aliphatic rings. The minimum absolute atomic E-state index is 0.108. The number of amides is 1. The molecule has 1 atom stereocenters. The van der Waals surface area contributed by atoms with Crippen molar-refractivity contribution in [3.63, 3.8) is 0 Å². The zero-order valence-corrected chi connectivity index (χ0v) is 22.5. The van der Waals surface area contributed by atoms with Crippen LogP contribution in [0.5, 0.6) is 11.5 Å². The number of nitrogens with one attached hydrogen (secondary N) is 1. The molecule has 0 fully saturated rings. The van der Waals surface area contributed by atoms with Gasteiger partial charge in [-0.3, -0.25) is 9.89 Å². The molecule has 4 aromatic rings. The van der Waals surface area contributed by atoms with E-state index < -0.39 is 0 Å². The number of aromatic hydroxyl groups is 1. The normalized spacial score (nSPS) is 14.7. The van der Waals surface area contributed by atoms with Crippen LogP contribution in [0, 0.1) is 20.8 Å². The van der Waals surface area contributed by atoms with Gasteiger partial charge in [0, 0.05) is 17.7 Å². The Morgan fingerprint density at radius 1 is 1.00 bits per heavy atom. The maximum absolute atomic E-state index is 13.8. The summed E-state index contributed by atoms with van der Waals surface area (Å²) in [6, 6.07) is 19.6. The third-order valence-corrected chi connectivity index (χ3v) is 7.22. The largest absolute Gasteiger partial charge is 0.507 e. The molecule has 0 bridgehead atoms. The summed E-state index contributed by atoms with van der Waals surface area (Å²) in [6.07, 6.45) is 3.27. The van der Waals surface area contributed by atoms with E-state index in [0.717, 1.165) is 52.8 Å². The number of aromatic amines is 1. The average Bonchev–Trinajstić information content (AvgIpc) is 3.42. The molecule has 1 unspecified atom stereocenters. The van der Waals surface area contributed by atoms with Gasteiger partial charge in [-0.1, -0.05) is 67.8 Å². The number of carbonyl (C=O) groups excluding carboxylic acids is 1. The van der Waals surface area contributed by atoms with E-state index in [0.29, 0.717) is 30.1 Å². The Morgan fingerprint density at radius 2 is 1.79 bits per heavy atom. The maximum Gasteiger partial charge on any atom is 0.273 e. The predicted molar refractivity (Wildman–Crippen MR) is 150 cm³/mol. The number of phenolic OH excluding ortho intramolecular Hbond substituents is 1. The topological polar surface area (TPSA) is 78.5 Å². The summed E-state index contributed by atoms with van der Waals surface area (Å²) < 4.78 is 6.07. The van der Waals surface area contributed by atoms with Gasteiger partial charge in [-0.2, -0.15) is 5.10 Å². The molecular weight excluding hydrogens is 474 g/mol. The first-order valence-corrected chi connectivity index (χ1v) is 13.4. The van der Waals surface area contributed by atoms with Crippen LogP contribution in [0.4, 0.5) is 0 Å². The fraction of sp³-hybridized carbons (Fsp3) is 0.312. The number of hydrogen-bond donors (Lipinski definition) is 2. The van der Waals surface area contributed by atoms with Crippen LogP contribution in [0.15, 0.2) is 60.7 Å². The number of rotatable bonds is 9. The highest BCUT2D eigenvalue weighted by molar-refractivity contribution is 6.00. The van der Waals surface area contributed by atoms with Gasteiger partial charge in [0.25, 0.3) is 5.91 Å². The van der Waals surface area contributed by atoms with Crippen LogP contribution in [-0.2, 0) is 6.54 Å². The molecule has 38 heavy (non-hydrogen) atoms. The first kappa shape index (κ1) is 25.6. The molecule has 0 saturated carbocycles. The van der Waals surface area contributed by atoms with Crippen molar-refractivity contribution in [1.82, 2.24) is 15.1 Å². The lowest BCUT2D eigenvalue weighted by molar-refractivity contribution is 0.0730. The van der Waals surface area contributed by atoms with Crippen molar-refractivity contribution in [1.29, 1.82) is 0 Å². The first-order chi connectivity index (χ1) is 18.4. The zero-order valence-electron chi connectivity index (χ0n) is 22.5. The number of phenols is 1. The molecule has 1 aliphatic heterocycles. The summed E-state index contributed by atoms with van der Waals surface area (Å²) in [4.78, 5) is 15.7. The molecule has 196 valence electrons. The fourth-order valence-corrected chi connectivity index (χ4v) is 5.36. The number of unbranched alkanes of at least 4 members (excludes halogenated alkanes) is 2. The number of fused-ring (bicyclic) bond motifs is 1. The maximum atomic E-state index is 13.8. The summed E-state index contributed by atoms with van der Waals surface area (Å²) in [5, 5.41) is 18.5. The highest BCUT2D eigenvalue weighted by Crippen LogP contribution is 2.46. The second-order valence-electron chi connectivity index (χ2n) is 10.3. The van der Waals surface area contributed by atoms with Crippen LogP contribution in [0.3, 0.4) is 0 Å². The quantitative estimate of drug-likeness (QED) is 0.238. The standard InChI is InChI=1S/C32H35N3O3/c1-5-6-7-15-38-25-10-8-9-24(18-25)31-28-29(27-22(4)16-21(3)17-26(27)36)33-34-30(28)32(37)35(31)19-23-13-11-20(2)12-14-23/h8-14,16-18,31,36H,5-7,15,19H2,1-4H3,(H,33,34). The van der Waals surface area contributed by atoms with E-state index in [4.69, 9.17) is 4.74 Å². The smallest absolute Gasteiger partial charge is 0.273 e. The van der Waals surface area contributed by atoms with Gasteiger partial charge in [-0.15, -0.1) is 0 Å². The van der Waals surface area contributed by atoms with Crippen molar-refractivity contribution in [2.75, 3.05) is 6.61 Å². The van der Waals surface area contributed by atoms with Crippen LogP contribution < -0.4 is 4.74 Å². The predicted octanol–water partition coefficient (Wildman–Crippen LogP) is 7.02. The zero-order chi connectivity index (χ0) is 26.8. The number of ether oxygens (including phenoxy) is 1. The van der Waals surface area contributed by atoms with Crippen LogP contribution in [0.2, 0.25) is 0 Å². The SMILES string of the molecule is CCCCCOc1cccc(C2c3c(-c4c(C)cc(C)cc4O)n[nH]c3C(=O)N2Cc2ccc(C)cc2)c1. The molecular formula is C32H35N3O3. The van der Waals surface area contributed by atoms with Gasteiger partial charge in [-0.25, -0.2) is 0 Å². The lowest BCUT2D eigenvalue weighted by atomic mass is 9.93. The Morgan fingerprint density at radius 3 is 2.53 bits per heavy atom. The molecule has 2 N–H and O–H groups in total. The molecule has 6 heteroatoms. The Kier molecular flexibility index (Phi) is 7.23. The van der Waals surface area contributed by atoms with Gasteiger partial charge >= 0.3 is 0 Å². The number of carbonyl (C=O) groups is 1. The number of nitrogens with zero attached hydrogens (tertiary/aromatic N) is 2. The highest BCUT2D eigenvalue weighted by atomic mass is 16.5. The summed E-state index contributed by atoms with van der Waals surface area (Å²) in [5.41, 5.74) is 7.56. The summed E-state index contributed by atoms with van der Waals surface area (Å²) in [5.74, 6) is 0.838. The van der Waals surface area contributed by atoms with Crippen LogP contribution in [-0.4, -0.2) is 32.7 Å². The van der Waals surface area contributed by atoms with Crippen molar-refractivity contribution in [3.8, 4) is 22.8 Å². The van der Waals surface area contributed by atoms with E-state index in [9.17, 15) is 9.90 Å². The van der Waals surface area contributed by atoms with Crippen LogP contribution >= 0.6 is 0 Å². The Bertz CT molecular complexity index is 1430. The Labute approximate surface area is 224 Å². The number of benzene rings is 3. The molecule has 0 spiro atoms. The number of H-pyrrole nitrogens is 1. The van der Waals surface area contributed by atoms with Crippen molar-refractivity contribution >= 4 is 5.91 Å². The second kappa shape index (κ2) is 10.7. The van der Waals surface area contributed by atoms with Gasteiger partial charge in [0.15, 0.2) is 0 Å². The van der Waals surface area contributed by atoms with Crippen molar-refractivity contribution in [3.05, 3.63) is 99.7 Å². The van der Waals surface area contributed by atoms with Crippen LogP contribution in [0.25, 0.3) is 11.3 Å². The molecule has 0 aliphatic carbocycles. The lowest BCUT2D eigenvalue weighted by Crippen LogP contribution is -2.29. The minimum Gasteiger partial charge on any atom is -0.507 e. The minimum atomic E-state index is -0.383. The van der Waals surface area contributed by atoms with E-state index in [2.05, 4.69) is 48.3 Å². The molecule has 1 amide bonds. The van der Waals surface area contributed by atoms with E-state index in [-0.39, 0.29) is 17.7 Å². The van der Waals surface area contributed by atoms with Gasteiger partial charge in [0.1, 0.15) is 22.9 Å². The highest BCUT2D eigenvalue weighted by Gasteiger charge is 2.42. The molecule has 2 heterocycles. The van der Waals surface area contributed by atoms with E-state index in [1.54, 1.807) is 6.07 Å². The molecule has 5 rings (SSSR count). The number of aromatic nitrogens is 2. The second-order valence-corrected chi connectivity index (χ2v) is 10.3. The van der Waals surface area contributed by atoms with Gasteiger partial charge < -0.3 is 14.7 Å². The molecule has 0 saturated heterocycles. The first-order valence-electron chi connectivity index (χ1n) is 13.4.